The molecule has 0 radical (unpaired) electrons. The summed E-state index contributed by atoms with van der Waals surface area (Å²) in [6.45, 7) is 6.61. The molecule has 0 aliphatic heterocycles. The van der Waals surface area contributed by atoms with Gasteiger partial charge in [0.2, 0.25) is 0 Å². The molecule has 3 nitrogen and oxygen atoms in total. The van der Waals surface area contributed by atoms with Crippen LogP contribution in [0.1, 0.15) is 37.6 Å². The average molecular weight is 271 g/mol. The maximum absolute atomic E-state index is 11.7. The average Bonchev–Trinajstić information content (AvgIpc) is 2.70. The summed E-state index contributed by atoms with van der Waals surface area (Å²) in [5.41, 5.74) is 3.29. The molecule has 0 heterocycles. The van der Waals surface area contributed by atoms with Gasteiger partial charge in [0.1, 0.15) is 0 Å². The molecule has 1 aromatic carbocycles. The first-order valence-electron chi connectivity index (χ1n) is 6.82. The van der Waals surface area contributed by atoms with Crippen LogP contribution in [0.3, 0.4) is 0 Å². The third kappa shape index (κ3) is 2.93. The Morgan fingerprint density at radius 3 is 2.55 bits per heavy atom. The minimum Gasteiger partial charge on any atom is -0.339 e. The van der Waals surface area contributed by atoms with Gasteiger partial charge < -0.3 is 4.84 Å². The van der Waals surface area contributed by atoms with Gasteiger partial charge in [0, 0.05) is 6.20 Å². The predicted molar refractivity (Wildman–Crippen MR) is 79.8 cm³/mol. The molecule has 1 N–H and O–H groups in total. The number of nitrogens with one attached hydrogen (secondary N) is 1. The van der Waals surface area contributed by atoms with Gasteiger partial charge in [-0.2, -0.15) is 0 Å². The zero-order valence-electron chi connectivity index (χ0n) is 12.2. The molecule has 20 heavy (non-hydrogen) atoms. The summed E-state index contributed by atoms with van der Waals surface area (Å²) in [4.78, 5) is 16.7. The van der Waals surface area contributed by atoms with Crippen molar-refractivity contribution in [1.29, 1.82) is 0 Å². The third-order valence-corrected chi connectivity index (χ3v) is 4.23. The first-order chi connectivity index (χ1) is 9.45. The Hall–Kier alpha value is -2.03. The highest BCUT2D eigenvalue weighted by Crippen LogP contribution is 2.48. The van der Waals surface area contributed by atoms with Crippen molar-refractivity contribution in [3.05, 3.63) is 60.3 Å². The van der Waals surface area contributed by atoms with E-state index in [1.807, 2.05) is 6.07 Å². The zero-order chi connectivity index (χ0) is 14.6. The van der Waals surface area contributed by atoms with Gasteiger partial charge in [-0.3, -0.25) is 0 Å². The van der Waals surface area contributed by atoms with Crippen LogP contribution in [0.4, 0.5) is 0 Å². The summed E-state index contributed by atoms with van der Waals surface area (Å²) in [7, 11) is 0. The third-order valence-electron chi connectivity index (χ3n) is 4.23. The van der Waals surface area contributed by atoms with E-state index in [9.17, 15) is 4.79 Å². The van der Waals surface area contributed by atoms with Crippen molar-refractivity contribution in [2.75, 3.05) is 0 Å². The van der Waals surface area contributed by atoms with Gasteiger partial charge in [-0.15, -0.1) is 0 Å². The van der Waals surface area contributed by atoms with Crippen molar-refractivity contribution < 1.29 is 9.63 Å². The van der Waals surface area contributed by atoms with Crippen molar-refractivity contribution in [2.45, 2.75) is 27.2 Å². The van der Waals surface area contributed by atoms with Crippen LogP contribution in [0.2, 0.25) is 0 Å². The van der Waals surface area contributed by atoms with E-state index in [1.165, 1.54) is 0 Å². The van der Waals surface area contributed by atoms with E-state index in [1.54, 1.807) is 30.5 Å². The normalized spacial score (nSPS) is 23.9. The number of carbonyl (C=O) groups is 1. The number of rotatable bonds is 4. The van der Waals surface area contributed by atoms with Gasteiger partial charge in [0.25, 0.3) is 0 Å². The summed E-state index contributed by atoms with van der Waals surface area (Å²) in [6.07, 6.45) is 9.18. The molecule has 1 aliphatic rings. The molecule has 0 fully saturated rings. The Morgan fingerprint density at radius 1 is 1.25 bits per heavy atom. The molecule has 2 rings (SSSR count). The molecule has 1 unspecified atom stereocenters. The van der Waals surface area contributed by atoms with Gasteiger partial charge in [0.05, 0.1) is 5.56 Å². The fourth-order valence-corrected chi connectivity index (χ4v) is 2.27. The molecular formula is C17H21NO2. The van der Waals surface area contributed by atoms with Crippen molar-refractivity contribution in [1.82, 2.24) is 5.48 Å². The molecule has 1 aliphatic carbocycles. The second-order valence-electron chi connectivity index (χ2n) is 5.95. The zero-order valence-corrected chi connectivity index (χ0v) is 12.2. The lowest BCUT2D eigenvalue weighted by molar-refractivity contribution is 0.0346. The molecule has 3 heteroatoms. The second kappa shape index (κ2) is 5.53. The van der Waals surface area contributed by atoms with E-state index in [0.29, 0.717) is 5.56 Å². The van der Waals surface area contributed by atoms with E-state index >= 15 is 0 Å². The maximum Gasteiger partial charge on any atom is 0.362 e. The van der Waals surface area contributed by atoms with Gasteiger partial charge in [-0.25, -0.2) is 10.3 Å². The summed E-state index contributed by atoms with van der Waals surface area (Å²) < 4.78 is 0. The van der Waals surface area contributed by atoms with Crippen LogP contribution in [0.5, 0.6) is 0 Å². The minimum atomic E-state index is -0.385. The molecule has 0 amide bonds. The first kappa shape index (κ1) is 14.4. The smallest absolute Gasteiger partial charge is 0.339 e. The fraction of sp³-hybridized carbons (Fsp3) is 0.353. The van der Waals surface area contributed by atoms with Gasteiger partial charge in [-0.05, 0) is 29.4 Å². The lowest BCUT2D eigenvalue weighted by Crippen LogP contribution is -2.28. The lowest BCUT2D eigenvalue weighted by Gasteiger charge is -2.35. The Balaban J connectivity index is 1.88. The second-order valence-corrected chi connectivity index (χ2v) is 5.95. The Kier molecular flexibility index (Phi) is 3.98. The van der Waals surface area contributed by atoms with Crippen molar-refractivity contribution in [3.8, 4) is 0 Å². The molecule has 0 saturated carbocycles. The highest BCUT2D eigenvalue weighted by Gasteiger charge is 2.39. The van der Waals surface area contributed by atoms with Crippen LogP contribution < -0.4 is 5.48 Å². The van der Waals surface area contributed by atoms with Gasteiger partial charge >= 0.3 is 5.97 Å². The number of allylic oxidation sites excluding steroid dienone is 3. The summed E-state index contributed by atoms with van der Waals surface area (Å²) in [6, 6.07) is 8.92. The monoisotopic (exact) mass is 271 g/mol. The first-order valence-corrected chi connectivity index (χ1v) is 6.82. The van der Waals surface area contributed by atoms with Gasteiger partial charge in [-0.1, -0.05) is 57.2 Å². The van der Waals surface area contributed by atoms with Crippen molar-refractivity contribution in [3.63, 3.8) is 0 Å². The molecule has 0 saturated heterocycles. The number of hydrogen-bond acceptors (Lipinski definition) is 3. The summed E-state index contributed by atoms with van der Waals surface area (Å²) >= 11 is 0. The van der Waals surface area contributed by atoms with E-state index in [4.69, 9.17) is 4.84 Å². The highest BCUT2D eigenvalue weighted by atomic mass is 16.7. The lowest BCUT2D eigenvalue weighted by atomic mass is 9.69. The molecule has 0 bridgehead atoms. The number of benzene rings is 1. The topological polar surface area (TPSA) is 38.3 Å². The van der Waals surface area contributed by atoms with E-state index in [2.05, 4.69) is 44.5 Å². The Morgan fingerprint density at radius 2 is 1.95 bits per heavy atom. The van der Waals surface area contributed by atoms with Crippen LogP contribution in [0.25, 0.3) is 0 Å². The highest BCUT2D eigenvalue weighted by molar-refractivity contribution is 5.89. The molecule has 0 spiro atoms. The quantitative estimate of drug-likeness (QED) is 0.667. The van der Waals surface area contributed by atoms with Crippen molar-refractivity contribution >= 4 is 5.97 Å². The summed E-state index contributed by atoms with van der Waals surface area (Å²) in [5.74, 6) is -0.385. The molecule has 0 aromatic heterocycles. The van der Waals surface area contributed by atoms with Gasteiger partial charge in [0.15, 0.2) is 0 Å². The number of hydroxylamine groups is 1. The predicted octanol–water partition coefficient (Wildman–Crippen LogP) is 3.85. The minimum absolute atomic E-state index is 0.0408. The van der Waals surface area contributed by atoms with Crippen molar-refractivity contribution in [2.24, 2.45) is 10.8 Å². The van der Waals surface area contributed by atoms with E-state index < -0.39 is 0 Å². The fourth-order valence-electron chi connectivity index (χ4n) is 2.27. The van der Waals surface area contributed by atoms with Crippen LogP contribution in [-0.4, -0.2) is 5.97 Å². The number of carbonyl (C=O) groups excluding carboxylic acids is 1. The van der Waals surface area contributed by atoms with E-state index in [-0.39, 0.29) is 16.8 Å². The largest absolute Gasteiger partial charge is 0.362 e. The standard InChI is InChI=1S/C17H21NO2/c1-16(2)10-7-11-17(16,3)12-13-18-20-15(19)14-8-5-4-6-9-14/h4-10,12-13,18H,11H2,1-3H3. The van der Waals surface area contributed by atoms with Crippen LogP contribution in [0, 0.1) is 10.8 Å². The molecule has 1 atom stereocenters. The SMILES string of the molecule is CC1(C)C=CCC1(C)C=CNOC(=O)c1ccccc1. The van der Waals surface area contributed by atoms with E-state index in [0.717, 1.165) is 6.42 Å². The number of hydrogen-bond donors (Lipinski definition) is 1. The Labute approximate surface area is 120 Å². The molecular weight excluding hydrogens is 250 g/mol. The maximum atomic E-state index is 11.7. The van der Waals surface area contributed by atoms with Crippen LogP contribution in [-0.2, 0) is 4.84 Å². The molecule has 1 aromatic rings. The summed E-state index contributed by atoms with van der Waals surface area (Å²) in [5, 5.41) is 0. The van der Waals surface area contributed by atoms with Crippen LogP contribution >= 0.6 is 0 Å². The van der Waals surface area contributed by atoms with Crippen LogP contribution in [0.15, 0.2) is 54.8 Å². The molecule has 106 valence electrons. The Bertz CT molecular complexity index is 531.